The Labute approximate surface area is 98.4 Å². The van der Waals surface area contributed by atoms with Gasteiger partial charge in [0.2, 0.25) is 0 Å². The lowest BCUT2D eigenvalue weighted by atomic mass is 10.2. The van der Waals surface area contributed by atoms with Crippen molar-refractivity contribution in [1.82, 2.24) is 5.01 Å². The van der Waals surface area contributed by atoms with Crippen molar-refractivity contribution in [2.24, 2.45) is 16.8 Å². The van der Waals surface area contributed by atoms with E-state index >= 15 is 0 Å². The van der Waals surface area contributed by atoms with Gasteiger partial charge in [-0.2, -0.15) is 5.10 Å². The Hall–Kier alpha value is -1.40. The monoisotopic (exact) mass is 238 g/mol. The van der Waals surface area contributed by atoms with Gasteiger partial charge < -0.3 is 10.6 Å². The van der Waals surface area contributed by atoms with E-state index in [9.17, 15) is 0 Å². The zero-order chi connectivity index (χ0) is 11.5. The molecule has 1 aliphatic rings. The van der Waals surface area contributed by atoms with Gasteiger partial charge in [-0.25, -0.2) is 5.84 Å². The van der Waals surface area contributed by atoms with Crippen molar-refractivity contribution in [3.63, 3.8) is 0 Å². The first kappa shape index (κ1) is 11.1. The SMILES string of the molecule is COc1ccc2c(c1)/C(=N/N)N(N)CCS2. The Morgan fingerprint density at radius 3 is 3.00 bits per heavy atom. The summed E-state index contributed by atoms with van der Waals surface area (Å²) in [5, 5.41) is 5.32. The molecule has 16 heavy (non-hydrogen) atoms. The van der Waals surface area contributed by atoms with Gasteiger partial charge in [0.05, 0.1) is 7.11 Å². The molecule has 0 saturated heterocycles. The fraction of sp³-hybridized carbons (Fsp3) is 0.300. The number of thioether (sulfide) groups is 1. The minimum Gasteiger partial charge on any atom is -0.497 e. The molecular formula is C10H14N4OS. The molecule has 0 aromatic heterocycles. The van der Waals surface area contributed by atoms with Crippen LogP contribution in [0.2, 0.25) is 0 Å². The van der Waals surface area contributed by atoms with Crippen molar-refractivity contribution in [2.75, 3.05) is 19.4 Å². The number of nitrogens with zero attached hydrogens (tertiary/aromatic N) is 2. The van der Waals surface area contributed by atoms with Gasteiger partial charge in [0.15, 0.2) is 5.84 Å². The molecule has 86 valence electrons. The molecule has 1 heterocycles. The van der Waals surface area contributed by atoms with Gasteiger partial charge in [0.1, 0.15) is 5.75 Å². The lowest BCUT2D eigenvalue weighted by molar-refractivity contribution is 0.414. The maximum atomic E-state index is 5.86. The highest BCUT2D eigenvalue weighted by molar-refractivity contribution is 7.99. The molecule has 0 bridgehead atoms. The van der Waals surface area contributed by atoms with Crippen LogP contribution in [0.3, 0.4) is 0 Å². The number of ether oxygens (including phenoxy) is 1. The molecule has 0 spiro atoms. The fourth-order valence-corrected chi connectivity index (χ4v) is 2.57. The number of rotatable bonds is 1. The van der Waals surface area contributed by atoms with Crippen LogP contribution in [0, 0.1) is 0 Å². The van der Waals surface area contributed by atoms with E-state index in [1.165, 1.54) is 0 Å². The van der Waals surface area contributed by atoms with Crippen molar-refractivity contribution in [1.29, 1.82) is 0 Å². The average Bonchev–Trinajstić information content (AvgIpc) is 2.46. The Balaban J connectivity index is 2.51. The second kappa shape index (κ2) is 4.63. The van der Waals surface area contributed by atoms with Gasteiger partial charge in [-0.3, -0.25) is 5.01 Å². The van der Waals surface area contributed by atoms with Crippen molar-refractivity contribution >= 4 is 17.6 Å². The Morgan fingerprint density at radius 1 is 1.50 bits per heavy atom. The molecular weight excluding hydrogens is 224 g/mol. The number of methoxy groups -OCH3 is 1. The van der Waals surface area contributed by atoms with Crippen molar-refractivity contribution in [2.45, 2.75) is 4.90 Å². The maximum Gasteiger partial charge on any atom is 0.170 e. The highest BCUT2D eigenvalue weighted by atomic mass is 32.2. The molecule has 5 nitrogen and oxygen atoms in total. The van der Waals surface area contributed by atoms with Crippen molar-refractivity contribution in [3.05, 3.63) is 23.8 Å². The summed E-state index contributed by atoms with van der Waals surface area (Å²) in [5.41, 5.74) is 0.923. The van der Waals surface area contributed by atoms with Gasteiger partial charge in [-0.15, -0.1) is 11.8 Å². The van der Waals surface area contributed by atoms with Crippen LogP contribution in [-0.4, -0.2) is 30.3 Å². The molecule has 1 aromatic rings. The molecule has 4 N–H and O–H groups in total. The quantitative estimate of drug-likeness (QED) is 0.553. The largest absolute Gasteiger partial charge is 0.497 e. The summed E-state index contributed by atoms with van der Waals surface area (Å²) in [7, 11) is 1.63. The summed E-state index contributed by atoms with van der Waals surface area (Å²) < 4.78 is 5.18. The van der Waals surface area contributed by atoms with Crippen LogP contribution in [0.4, 0.5) is 0 Å². The molecule has 0 fully saturated rings. The Bertz CT molecular complexity index is 421. The minimum atomic E-state index is 0.596. The van der Waals surface area contributed by atoms with Crippen molar-refractivity contribution < 1.29 is 4.74 Å². The van der Waals surface area contributed by atoms with Gasteiger partial charge in [0, 0.05) is 22.8 Å². The van der Waals surface area contributed by atoms with Gasteiger partial charge in [-0.05, 0) is 18.2 Å². The number of hydrogen-bond acceptors (Lipinski definition) is 5. The first-order valence-electron chi connectivity index (χ1n) is 4.87. The van der Waals surface area contributed by atoms with Gasteiger partial charge >= 0.3 is 0 Å². The summed E-state index contributed by atoms with van der Waals surface area (Å²) in [6.07, 6.45) is 0. The zero-order valence-electron chi connectivity index (χ0n) is 9.01. The molecule has 0 radical (unpaired) electrons. The molecule has 2 rings (SSSR count). The molecule has 1 aromatic carbocycles. The van der Waals surface area contributed by atoms with E-state index in [1.54, 1.807) is 23.9 Å². The summed E-state index contributed by atoms with van der Waals surface area (Å²) in [6.45, 7) is 0.720. The van der Waals surface area contributed by atoms with E-state index in [0.717, 1.165) is 28.5 Å². The summed E-state index contributed by atoms with van der Waals surface area (Å²) in [4.78, 5) is 1.12. The lowest BCUT2D eigenvalue weighted by Gasteiger charge is -2.17. The van der Waals surface area contributed by atoms with E-state index in [4.69, 9.17) is 16.4 Å². The van der Waals surface area contributed by atoms with Crippen LogP contribution in [0.1, 0.15) is 5.56 Å². The summed E-state index contributed by atoms with van der Waals surface area (Å²) in [5.74, 6) is 13.5. The highest BCUT2D eigenvalue weighted by Gasteiger charge is 2.19. The zero-order valence-corrected chi connectivity index (χ0v) is 9.83. The number of hydrogen-bond donors (Lipinski definition) is 2. The van der Waals surface area contributed by atoms with Crippen LogP contribution in [0.15, 0.2) is 28.2 Å². The van der Waals surface area contributed by atoms with Crippen LogP contribution in [0.25, 0.3) is 0 Å². The number of amidine groups is 1. The first-order valence-corrected chi connectivity index (χ1v) is 5.86. The predicted octanol–water partition coefficient (Wildman–Crippen LogP) is 0.597. The summed E-state index contributed by atoms with van der Waals surface area (Å²) in [6, 6.07) is 5.83. The minimum absolute atomic E-state index is 0.596. The normalized spacial score (nSPS) is 18.1. The molecule has 0 saturated carbocycles. The predicted molar refractivity (Wildman–Crippen MR) is 65.3 cm³/mol. The van der Waals surface area contributed by atoms with Crippen LogP contribution in [-0.2, 0) is 0 Å². The van der Waals surface area contributed by atoms with Gasteiger partial charge in [-0.1, -0.05) is 0 Å². The van der Waals surface area contributed by atoms with E-state index in [0.29, 0.717) is 5.84 Å². The first-order chi connectivity index (χ1) is 7.76. The third-order valence-electron chi connectivity index (χ3n) is 2.41. The summed E-state index contributed by atoms with van der Waals surface area (Å²) >= 11 is 1.74. The molecule has 0 unspecified atom stereocenters. The van der Waals surface area contributed by atoms with E-state index in [2.05, 4.69) is 5.10 Å². The number of hydrazine groups is 1. The molecule has 1 aliphatic heterocycles. The molecule has 0 amide bonds. The van der Waals surface area contributed by atoms with E-state index in [-0.39, 0.29) is 0 Å². The van der Waals surface area contributed by atoms with Crippen LogP contribution < -0.4 is 16.4 Å². The topological polar surface area (TPSA) is 76.9 Å². The standard InChI is InChI=1S/C10H14N4OS/c1-15-7-2-3-9-8(6-7)10(13-11)14(12)4-5-16-9/h2-3,6H,4-5,11-12H2,1H3/b13-10-. The Kier molecular flexibility index (Phi) is 3.21. The van der Waals surface area contributed by atoms with Crippen molar-refractivity contribution in [3.8, 4) is 5.75 Å². The van der Waals surface area contributed by atoms with E-state index < -0.39 is 0 Å². The van der Waals surface area contributed by atoms with Gasteiger partial charge in [0.25, 0.3) is 0 Å². The molecule has 0 aliphatic carbocycles. The number of hydrazone groups is 1. The maximum absolute atomic E-state index is 5.86. The van der Waals surface area contributed by atoms with Crippen LogP contribution >= 0.6 is 11.8 Å². The Morgan fingerprint density at radius 2 is 2.31 bits per heavy atom. The smallest absolute Gasteiger partial charge is 0.170 e. The lowest BCUT2D eigenvalue weighted by Crippen LogP contribution is -2.39. The highest BCUT2D eigenvalue weighted by Crippen LogP contribution is 2.29. The van der Waals surface area contributed by atoms with Crippen LogP contribution in [0.5, 0.6) is 5.75 Å². The second-order valence-corrected chi connectivity index (χ2v) is 4.49. The number of fused-ring (bicyclic) bond motifs is 1. The number of nitrogens with two attached hydrogens (primary N) is 2. The third kappa shape index (κ3) is 1.94. The van der Waals surface area contributed by atoms with E-state index in [1.807, 2.05) is 18.2 Å². The number of benzene rings is 1. The third-order valence-corrected chi connectivity index (χ3v) is 3.47. The fourth-order valence-electron chi connectivity index (χ4n) is 1.59. The average molecular weight is 238 g/mol. The molecule has 6 heteroatoms. The molecule has 0 atom stereocenters. The second-order valence-electron chi connectivity index (χ2n) is 3.36.